The van der Waals surface area contributed by atoms with Crippen LogP contribution < -0.4 is 15.8 Å². The lowest BCUT2D eigenvalue weighted by Crippen LogP contribution is -2.36. The molecule has 3 heterocycles. The quantitative estimate of drug-likeness (QED) is 0.665. The van der Waals surface area contributed by atoms with Crippen LogP contribution in [0.25, 0.3) is 11.0 Å². The summed E-state index contributed by atoms with van der Waals surface area (Å²) in [7, 11) is 0. The number of pyridine rings is 1. The van der Waals surface area contributed by atoms with Crippen LogP contribution in [0.15, 0.2) is 35.3 Å². The van der Waals surface area contributed by atoms with Gasteiger partial charge in [-0.15, -0.1) is 0 Å². The molecule has 5 rings (SSSR count). The van der Waals surface area contributed by atoms with Gasteiger partial charge in [0.2, 0.25) is 5.95 Å². The maximum atomic E-state index is 14.8. The highest BCUT2D eigenvalue weighted by molar-refractivity contribution is 5.77. The fraction of sp³-hybridized carbons (Fsp3) is 0.391. The molecule has 0 unspecified atom stereocenters. The van der Waals surface area contributed by atoms with E-state index in [0.717, 1.165) is 25.7 Å². The van der Waals surface area contributed by atoms with E-state index < -0.39 is 0 Å². The summed E-state index contributed by atoms with van der Waals surface area (Å²) in [6.07, 6.45) is 5.44. The van der Waals surface area contributed by atoms with Crippen LogP contribution in [-0.2, 0) is 4.74 Å². The average Bonchev–Trinajstić information content (AvgIpc) is 3.34. The monoisotopic (exact) mass is 436 g/mol. The van der Waals surface area contributed by atoms with E-state index in [9.17, 15) is 14.4 Å². The number of anilines is 3. The maximum Gasteiger partial charge on any atom is 0.270 e. The average molecular weight is 436 g/mol. The first-order valence-corrected chi connectivity index (χ1v) is 10.9. The Morgan fingerprint density at radius 3 is 2.72 bits per heavy atom. The van der Waals surface area contributed by atoms with E-state index in [4.69, 9.17) is 4.74 Å². The third-order valence-electron chi connectivity index (χ3n) is 6.14. The number of halogens is 1. The second-order valence-electron chi connectivity index (χ2n) is 8.15. The summed E-state index contributed by atoms with van der Waals surface area (Å²) in [5.74, 6) is -0.0638. The van der Waals surface area contributed by atoms with Crippen molar-refractivity contribution in [2.45, 2.75) is 31.7 Å². The summed E-state index contributed by atoms with van der Waals surface area (Å²) in [5, 5.41) is 13.1. The number of ether oxygens (including phenoxy) is 1. The van der Waals surface area contributed by atoms with Crippen molar-refractivity contribution in [3.8, 4) is 6.07 Å². The number of nitriles is 1. The van der Waals surface area contributed by atoms with Gasteiger partial charge in [-0.1, -0.05) is 12.8 Å². The molecule has 3 aromatic rings. The second kappa shape index (κ2) is 8.55. The predicted octanol–water partition coefficient (Wildman–Crippen LogP) is 3.74. The molecule has 2 aliphatic rings. The Kier molecular flexibility index (Phi) is 5.45. The Morgan fingerprint density at radius 2 is 2.00 bits per heavy atom. The molecule has 166 valence electrons. The first-order chi connectivity index (χ1) is 15.6. The molecule has 1 aliphatic heterocycles. The molecule has 2 fully saturated rings. The number of benzene rings is 1. The van der Waals surface area contributed by atoms with Gasteiger partial charge in [0.1, 0.15) is 23.1 Å². The third kappa shape index (κ3) is 3.78. The second-order valence-corrected chi connectivity index (χ2v) is 8.15. The van der Waals surface area contributed by atoms with Crippen molar-refractivity contribution in [2.24, 2.45) is 0 Å². The van der Waals surface area contributed by atoms with E-state index in [-0.39, 0.29) is 30.4 Å². The summed E-state index contributed by atoms with van der Waals surface area (Å²) in [4.78, 5) is 23.8. The molecule has 1 aromatic carbocycles. The van der Waals surface area contributed by atoms with Crippen molar-refractivity contribution in [3.63, 3.8) is 0 Å². The van der Waals surface area contributed by atoms with E-state index in [1.807, 2.05) is 11.0 Å². The van der Waals surface area contributed by atoms with Crippen LogP contribution in [0.1, 0.15) is 38.7 Å². The summed E-state index contributed by atoms with van der Waals surface area (Å²) in [5.41, 5.74) is 1.32. The number of nitrogens with one attached hydrogen (secondary N) is 1. The van der Waals surface area contributed by atoms with Gasteiger partial charge in [0.05, 0.1) is 18.9 Å². The van der Waals surface area contributed by atoms with Crippen LogP contribution in [0, 0.1) is 17.1 Å². The number of aromatic nitrogens is 3. The Balaban J connectivity index is 0.00000259. The molecular formula is C23H25FN6O2. The van der Waals surface area contributed by atoms with Gasteiger partial charge in [-0.25, -0.2) is 9.37 Å². The molecule has 0 atom stereocenters. The SMILES string of the molecule is N#Cc1cc2cnc(Nc3ccc(N4CCOCC4)c(F)c3)nc2n(C2CCCC2)c1=O.[HH]. The first kappa shape index (κ1) is 20.4. The highest BCUT2D eigenvalue weighted by Gasteiger charge is 2.23. The lowest BCUT2D eigenvalue weighted by molar-refractivity contribution is 0.122. The van der Waals surface area contributed by atoms with E-state index >= 15 is 0 Å². The highest BCUT2D eigenvalue weighted by atomic mass is 19.1. The minimum absolute atomic E-state index is 0. The van der Waals surface area contributed by atoms with Crippen LogP contribution in [0.5, 0.6) is 0 Å². The van der Waals surface area contributed by atoms with Gasteiger partial charge in [-0.05, 0) is 37.1 Å². The summed E-state index contributed by atoms with van der Waals surface area (Å²) >= 11 is 0. The third-order valence-corrected chi connectivity index (χ3v) is 6.14. The standard InChI is InChI=1S/C23H23FN6O2.H2/c24-19-12-17(5-6-20(19)29-7-9-32-10-8-29)27-23-26-14-16-11-15(13-25)22(31)30(21(16)28-23)18-3-1-2-4-18;/h5-6,11-12,14,18H,1-4,7-10H2,(H,26,27,28);1H. The molecule has 8 nitrogen and oxygen atoms in total. The van der Waals surface area contributed by atoms with Crippen molar-refractivity contribution < 1.29 is 10.6 Å². The number of morpholine rings is 1. The number of hydrogen-bond donors (Lipinski definition) is 1. The Hall–Kier alpha value is -3.51. The fourth-order valence-corrected chi connectivity index (χ4v) is 4.54. The van der Waals surface area contributed by atoms with E-state index in [1.54, 1.807) is 22.9 Å². The summed E-state index contributed by atoms with van der Waals surface area (Å²) < 4.78 is 21.7. The van der Waals surface area contributed by atoms with Gasteiger partial charge >= 0.3 is 0 Å². The van der Waals surface area contributed by atoms with Gasteiger partial charge in [0.25, 0.3) is 5.56 Å². The molecule has 0 amide bonds. The molecular weight excluding hydrogens is 411 g/mol. The Morgan fingerprint density at radius 1 is 1.22 bits per heavy atom. The van der Waals surface area contributed by atoms with Crippen molar-refractivity contribution >= 4 is 28.4 Å². The van der Waals surface area contributed by atoms with Crippen LogP contribution in [-0.4, -0.2) is 40.8 Å². The smallest absolute Gasteiger partial charge is 0.270 e. The van der Waals surface area contributed by atoms with E-state index in [2.05, 4.69) is 15.3 Å². The number of rotatable bonds is 4. The van der Waals surface area contributed by atoms with Gasteiger partial charge in [0, 0.05) is 37.8 Å². The predicted molar refractivity (Wildman–Crippen MR) is 121 cm³/mol. The molecule has 0 spiro atoms. The summed E-state index contributed by atoms with van der Waals surface area (Å²) in [6.45, 7) is 2.48. The molecule has 2 aromatic heterocycles. The normalized spacial score (nSPS) is 16.9. The number of nitrogens with zero attached hydrogens (tertiary/aromatic N) is 5. The summed E-state index contributed by atoms with van der Waals surface area (Å²) in [6, 6.07) is 8.47. The molecule has 1 saturated heterocycles. The van der Waals surface area contributed by atoms with Crippen molar-refractivity contribution in [2.75, 3.05) is 36.5 Å². The zero-order chi connectivity index (χ0) is 22.1. The minimum Gasteiger partial charge on any atom is -0.378 e. The first-order valence-electron chi connectivity index (χ1n) is 10.9. The largest absolute Gasteiger partial charge is 0.378 e. The molecule has 1 saturated carbocycles. The molecule has 0 radical (unpaired) electrons. The van der Waals surface area contributed by atoms with Gasteiger partial charge in [0.15, 0.2) is 0 Å². The van der Waals surface area contributed by atoms with Crippen molar-refractivity contribution in [1.29, 1.82) is 5.26 Å². The Labute approximate surface area is 185 Å². The molecule has 1 N–H and O–H groups in total. The zero-order valence-electron chi connectivity index (χ0n) is 17.6. The van der Waals surface area contributed by atoms with Crippen LogP contribution >= 0.6 is 0 Å². The number of fused-ring (bicyclic) bond motifs is 1. The van der Waals surface area contributed by atoms with Crippen LogP contribution in [0.3, 0.4) is 0 Å². The highest BCUT2D eigenvalue weighted by Crippen LogP contribution is 2.31. The fourth-order valence-electron chi connectivity index (χ4n) is 4.54. The zero-order valence-corrected chi connectivity index (χ0v) is 17.6. The number of hydrogen-bond acceptors (Lipinski definition) is 7. The van der Waals surface area contributed by atoms with Gasteiger partial charge in [-0.2, -0.15) is 10.2 Å². The van der Waals surface area contributed by atoms with E-state index in [0.29, 0.717) is 48.7 Å². The molecule has 0 bridgehead atoms. The van der Waals surface area contributed by atoms with Crippen LogP contribution in [0.4, 0.5) is 21.7 Å². The maximum absolute atomic E-state index is 14.8. The van der Waals surface area contributed by atoms with Crippen molar-refractivity contribution in [3.05, 3.63) is 52.2 Å². The molecule has 9 heteroatoms. The van der Waals surface area contributed by atoms with Gasteiger partial charge in [-0.3, -0.25) is 9.36 Å². The van der Waals surface area contributed by atoms with Crippen LogP contribution in [0.2, 0.25) is 0 Å². The van der Waals surface area contributed by atoms with Gasteiger partial charge < -0.3 is 15.0 Å². The molecule has 1 aliphatic carbocycles. The minimum atomic E-state index is -0.334. The molecule has 32 heavy (non-hydrogen) atoms. The lowest BCUT2D eigenvalue weighted by atomic mass is 10.2. The topological polar surface area (TPSA) is 96.1 Å². The Bertz CT molecular complexity index is 1260. The lowest BCUT2D eigenvalue weighted by Gasteiger charge is -2.29. The van der Waals surface area contributed by atoms with E-state index in [1.165, 1.54) is 12.1 Å². The van der Waals surface area contributed by atoms with Crippen molar-refractivity contribution in [1.82, 2.24) is 14.5 Å².